The van der Waals surface area contributed by atoms with Gasteiger partial charge in [0.25, 0.3) is 0 Å². The molecular formula is C40H32N4O2. The lowest BCUT2D eigenvalue weighted by atomic mass is 9.76. The van der Waals surface area contributed by atoms with Crippen molar-refractivity contribution in [2.24, 2.45) is 10.2 Å². The van der Waals surface area contributed by atoms with Gasteiger partial charge >= 0.3 is 5.97 Å². The summed E-state index contributed by atoms with van der Waals surface area (Å²) in [5.41, 5.74) is 4.29. The number of anilines is 2. The molecule has 0 fully saturated rings. The molecule has 6 heteroatoms. The molecule has 0 aromatic heterocycles. The smallest absolute Gasteiger partial charge is 0.333 e. The van der Waals surface area contributed by atoms with Crippen LogP contribution in [-0.2, 0) is 9.53 Å². The first-order valence-corrected chi connectivity index (χ1v) is 15.7. The van der Waals surface area contributed by atoms with Crippen LogP contribution in [0.15, 0.2) is 156 Å². The van der Waals surface area contributed by atoms with E-state index in [1.54, 1.807) is 0 Å². The van der Waals surface area contributed by atoms with Crippen LogP contribution in [0.25, 0.3) is 21.5 Å². The van der Waals surface area contributed by atoms with Gasteiger partial charge in [-0.05, 0) is 52.7 Å². The van der Waals surface area contributed by atoms with Crippen molar-refractivity contribution in [3.8, 4) is 0 Å². The maximum atomic E-state index is 14.4. The van der Waals surface area contributed by atoms with Crippen LogP contribution in [0.4, 0.5) is 11.4 Å². The van der Waals surface area contributed by atoms with Crippen LogP contribution < -0.4 is 10.0 Å². The fraction of sp³-hybridized carbons (Fsp3) is 0.125. The van der Waals surface area contributed by atoms with Gasteiger partial charge in [0.05, 0.1) is 29.4 Å². The quantitative estimate of drug-likeness (QED) is 0.181. The highest BCUT2D eigenvalue weighted by molar-refractivity contribution is 6.25. The molecule has 6 aromatic rings. The fourth-order valence-corrected chi connectivity index (χ4v) is 7.06. The van der Waals surface area contributed by atoms with Crippen molar-refractivity contribution >= 4 is 50.3 Å². The van der Waals surface area contributed by atoms with Gasteiger partial charge in [-0.1, -0.05) is 121 Å². The van der Waals surface area contributed by atoms with E-state index < -0.39 is 11.6 Å². The molecule has 0 amide bonds. The largest absolute Gasteiger partial charge is 0.464 e. The number of fused-ring (bicyclic) bond motifs is 2. The van der Waals surface area contributed by atoms with Gasteiger partial charge in [-0.15, -0.1) is 0 Å². The number of hydrogen-bond acceptors (Lipinski definition) is 6. The lowest BCUT2D eigenvalue weighted by Gasteiger charge is -2.40. The summed E-state index contributed by atoms with van der Waals surface area (Å²) in [5, 5.41) is 19.1. The fourth-order valence-electron chi connectivity index (χ4n) is 7.06. The molecule has 2 aliphatic heterocycles. The van der Waals surface area contributed by atoms with E-state index in [1.165, 1.54) is 0 Å². The summed E-state index contributed by atoms with van der Waals surface area (Å²) >= 11 is 0. The molecule has 6 nitrogen and oxygen atoms in total. The maximum absolute atomic E-state index is 14.4. The normalized spacial score (nSPS) is 19.1. The second kappa shape index (κ2) is 11.3. The van der Waals surface area contributed by atoms with Crippen molar-refractivity contribution < 1.29 is 9.53 Å². The Balaban J connectivity index is 1.44. The predicted octanol–water partition coefficient (Wildman–Crippen LogP) is 8.20. The third-order valence-electron chi connectivity index (χ3n) is 9.03. The van der Waals surface area contributed by atoms with Crippen LogP contribution in [0.5, 0.6) is 0 Å². The highest BCUT2D eigenvalue weighted by atomic mass is 16.5. The van der Waals surface area contributed by atoms with Gasteiger partial charge in [-0.2, -0.15) is 10.2 Å². The van der Waals surface area contributed by atoms with Gasteiger partial charge < -0.3 is 4.74 Å². The van der Waals surface area contributed by atoms with Crippen molar-refractivity contribution in [1.29, 1.82) is 0 Å². The summed E-state index contributed by atoms with van der Waals surface area (Å²) in [6, 6.07) is 48.5. The monoisotopic (exact) mass is 600 g/mol. The first-order chi connectivity index (χ1) is 22.7. The van der Waals surface area contributed by atoms with Crippen LogP contribution in [0.1, 0.15) is 24.5 Å². The van der Waals surface area contributed by atoms with Gasteiger partial charge in [-0.3, -0.25) is 0 Å². The van der Waals surface area contributed by atoms with Gasteiger partial charge in [0.1, 0.15) is 5.54 Å². The number of esters is 1. The van der Waals surface area contributed by atoms with Gasteiger partial charge in [0, 0.05) is 17.5 Å². The standard InChI is InChI=1S/C40H32N4O2/c1-2-46-39(45)38-40(37(42-43(38)30-19-5-3-6-20-30)35-26-14-18-29-16-10-12-24-33(29)35)27-36(41-44(40)31-21-7-4-8-22-31)34-25-13-17-28-15-9-11-23-32(28)34/h3-26,38H,2,27H2,1H3/t38-,40-/m1/s1. The summed E-state index contributed by atoms with van der Waals surface area (Å²) in [6.07, 6.45) is 0.435. The van der Waals surface area contributed by atoms with E-state index in [2.05, 4.69) is 72.8 Å². The minimum absolute atomic E-state index is 0.250. The molecular weight excluding hydrogens is 568 g/mol. The number of carbonyl (C=O) groups excluding carboxylic acids is 1. The number of hydrazone groups is 2. The van der Waals surface area contributed by atoms with Crippen LogP contribution in [0, 0.1) is 0 Å². The molecule has 2 aliphatic rings. The Hall–Kier alpha value is -5.75. The molecule has 0 aliphatic carbocycles. The molecule has 224 valence electrons. The third-order valence-corrected chi connectivity index (χ3v) is 9.03. The highest BCUT2D eigenvalue weighted by Gasteiger charge is 2.63. The van der Waals surface area contributed by atoms with Crippen molar-refractivity contribution in [1.82, 2.24) is 0 Å². The lowest BCUT2D eigenvalue weighted by molar-refractivity contribution is -0.145. The molecule has 0 saturated heterocycles. The molecule has 6 aromatic carbocycles. The molecule has 1 spiro atoms. The maximum Gasteiger partial charge on any atom is 0.333 e. The number of hydrogen-bond donors (Lipinski definition) is 0. The van der Waals surface area contributed by atoms with Crippen molar-refractivity contribution in [2.45, 2.75) is 24.9 Å². The van der Waals surface area contributed by atoms with Crippen LogP contribution in [-0.4, -0.2) is 35.6 Å². The van der Waals surface area contributed by atoms with Gasteiger partial charge in [0.15, 0.2) is 6.04 Å². The van der Waals surface area contributed by atoms with Crippen LogP contribution in [0.3, 0.4) is 0 Å². The first-order valence-electron chi connectivity index (χ1n) is 15.7. The molecule has 0 N–H and O–H groups in total. The molecule has 2 heterocycles. The molecule has 0 saturated carbocycles. The van der Waals surface area contributed by atoms with Crippen molar-refractivity contribution in [2.75, 3.05) is 16.6 Å². The van der Waals surface area contributed by atoms with Gasteiger partial charge in [-0.25, -0.2) is 14.8 Å². The number of benzene rings is 6. The van der Waals surface area contributed by atoms with E-state index in [0.717, 1.165) is 55.5 Å². The third kappa shape index (κ3) is 4.37. The summed E-state index contributed by atoms with van der Waals surface area (Å²) in [4.78, 5) is 14.4. The summed E-state index contributed by atoms with van der Waals surface area (Å²) < 4.78 is 5.90. The summed E-state index contributed by atoms with van der Waals surface area (Å²) in [6.45, 7) is 2.10. The SMILES string of the molecule is CCOC(=O)[C@H]1N(c2ccccc2)N=C(c2cccc3ccccc23)[C@]12CC(c1cccc3ccccc13)=NN2c1ccccc1. The Bertz CT molecular complexity index is 2130. The summed E-state index contributed by atoms with van der Waals surface area (Å²) in [5.74, 6) is -0.347. The lowest BCUT2D eigenvalue weighted by Crippen LogP contribution is -2.62. The highest BCUT2D eigenvalue weighted by Crippen LogP contribution is 2.48. The van der Waals surface area contributed by atoms with Gasteiger partial charge in [0.2, 0.25) is 0 Å². The minimum Gasteiger partial charge on any atom is -0.464 e. The Kier molecular flexibility index (Phi) is 6.83. The van der Waals surface area contributed by atoms with Crippen molar-refractivity contribution in [3.63, 3.8) is 0 Å². The second-order valence-corrected chi connectivity index (χ2v) is 11.6. The number of carbonyl (C=O) groups is 1. The van der Waals surface area contributed by atoms with E-state index in [4.69, 9.17) is 14.9 Å². The van der Waals surface area contributed by atoms with E-state index in [1.807, 2.05) is 89.7 Å². The molecule has 46 heavy (non-hydrogen) atoms. The van der Waals surface area contributed by atoms with E-state index in [0.29, 0.717) is 6.42 Å². The Morgan fingerprint density at radius 2 is 1.22 bits per heavy atom. The van der Waals surface area contributed by atoms with Crippen molar-refractivity contribution in [3.05, 3.63) is 157 Å². The zero-order valence-electron chi connectivity index (χ0n) is 25.5. The Morgan fingerprint density at radius 3 is 1.87 bits per heavy atom. The Labute approximate surface area is 267 Å². The van der Waals surface area contributed by atoms with Crippen LogP contribution in [0.2, 0.25) is 0 Å². The van der Waals surface area contributed by atoms with Crippen LogP contribution >= 0.6 is 0 Å². The topological polar surface area (TPSA) is 57.5 Å². The Morgan fingerprint density at radius 1 is 0.674 bits per heavy atom. The average molecular weight is 601 g/mol. The minimum atomic E-state index is -1.04. The van der Waals surface area contributed by atoms with E-state index in [9.17, 15) is 4.79 Å². The molecule has 0 bridgehead atoms. The number of para-hydroxylation sites is 2. The first kappa shape index (κ1) is 27.8. The van der Waals surface area contributed by atoms with E-state index in [-0.39, 0.29) is 12.6 Å². The number of nitrogens with zero attached hydrogens (tertiary/aromatic N) is 4. The number of rotatable bonds is 6. The van der Waals surface area contributed by atoms with E-state index >= 15 is 0 Å². The zero-order chi connectivity index (χ0) is 31.1. The molecule has 0 unspecified atom stereocenters. The number of ether oxygens (including phenoxy) is 1. The predicted molar refractivity (Wildman–Crippen MR) is 187 cm³/mol. The molecule has 8 rings (SSSR count). The summed E-state index contributed by atoms with van der Waals surface area (Å²) in [7, 11) is 0. The second-order valence-electron chi connectivity index (χ2n) is 11.6. The molecule has 2 atom stereocenters. The zero-order valence-corrected chi connectivity index (χ0v) is 25.5. The average Bonchev–Trinajstić information content (AvgIpc) is 3.67. The molecule has 0 radical (unpaired) electrons.